The molecule has 1 aromatic heterocycles. The summed E-state index contributed by atoms with van der Waals surface area (Å²) in [5, 5.41) is 3.99. The fourth-order valence-electron chi connectivity index (χ4n) is 3.61. The van der Waals surface area contributed by atoms with Crippen molar-refractivity contribution >= 4 is 39.8 Å². The SMILES string of the molecule is CCOC(=O)c1c(NC(=O)c2ccc(-c3ccccc3)cc2)sc(C)c1-c1ccc(Cl)cc1. The Morgan fingerprint density at radius 1 is 0.879 bits per heavy atom. The molecule has 166 valence electrons. The van der Waals surface area contributed by atoms with Gasteiger partial charge in [0.15, 0.2) is 0 Å². The fraction of sp³-hybridized carbons (Fsp3) is 0.111. The number of hydrogen-bond acceptors (Lipinski definition) is 4. The maximum Gasteiger partial charge on any atom is 0.341 e. The van der Waals surface area contributed by atoms with Crippen LogP contribution in [0.2, 0.25) is 5.02 Å². The molecule has 4 nitrogen and oxygen atoms in total. The van der Waals surface area contributed by atoms with E-state index < -0.39 is 5.97 Å². The number of anilines is 1. The Labute approximate surface area is 201 Å². The predicted octanol–water partition coefficient (Wildman–Crippen LogP) is 7.47. The van der Waals surface area contributed by atoms with Crippen LogP contribution in [0.25, 0.3) is 22.3 Å². The number of esters is 1. The average Bonchev–Trinajstić information content (AvgIpc) is 3.16. The van der Waals surface area contributed by atoms with Crippen molar-refractivity contribution in [1.82, 2.24) is 0 Å². The Morgan fingerprint density at radius 3 is 2.12 bits per heavy atom. The van der Waals surface area contributed by atoms with Crippen LogP contribution in [0.3, 0.4) is 0 Å². The van der Waals surface area contributed by atoms with E-state index in [1.165, 1.54) is 11.3 Å². The first-order valence-corrected chi connectivity index (χ1v) is 11.7. The Morgan fingerprint density at radius 2 is 1.48 bits per heavy atom. The number of carbonyl (C=O) groups excluding carboxylic acids is 2. The van der Waals surface area contributed by atoms with Gasteiger partial charge in [0.25, 0.3) is 5.91 Å². The predicted molar refractivity (Wildman–Crippen MR) is 135 cm³/mol. The summed E-state index contributed by atoms with van der Waals surface area (Å²) in [5.74, 6) is -0.759. The van der Waals surface area contributed by atoms with Gasteiger partial charge >= 0.3 is 5.97 Å². The molecule has 1 N–H and O–H groups in total. The van der Waals surface area contributed by atoms with E-state index in [1.807, 2.05) is 61.5 Å². The average molecular weight is 476 g/mol. The molecule has 0 fully saturated rings. The number of amides is 1. The van der Waals surface area contributed by atoms with Gasteiger partial charge in [0, 0.05) is 21.0 Å². The van der Waals surface area contributed by atoms with E-state index >= 15 is 0 Å². The summed E-state index contributed by atoms with van der Waals surface area (Å²) in [4.78, 5) is 26.8. The Bertz CT molecular complexity index is 1280. The van der Waals surface area contributed by atoms with E-state index in [-0.39, 0.29) is 12.5 Å². The molecular weight excluding hydrogens is 454 g/mol. The first-order valence-electron chi connectivity index (χ1n) is 10.5. The lowest BCUT2D eigenvalue weighted by Gasteiger charge is -2.10. The minimum Gasteiger partial charge on any atom is -0.462 e. The van der Waals surface area contributed by atoms with Gasteiger partial charge in [0.2, 0.25) is 0 Å². The quantitative estimate of drug-likeness (QED) is 0.294. The van der Waals surface area contributed by atoms with Crippen molar-refractivity contribution < 1.29 is 14.3 Å². The molecule has 3 aromatic carbocycles. The number of benzene rings is 3. The van der Waals surface area contributed by atoms with Crippen LogP contribution in [-0.2, 0) is 4.74 Å². The molecule has 4 aromatic rings. The Balaban J connectivity index is 1.66. The molecule has 0 aliphatic heterocycles. The van der Waals surface area contributed by atoms with Crippen molar-refractivity contribution in [3.05, 3.63) is 99.9 Å². The third-order valence-corrected chi connectivity index (χ3v) is 6.45. The van der Waals surface area contributed by atoms with Gasteiger partial charge in [0.1, 0.15) is 10.6 Å². The highest BCUT2D eigenvalue weighted by Crippen LogP contribution is 2.41. The highest BCUT2D eigenvalue weighted by Gasteiger charge is 2.25. The summed E-state index contributed by atoms with van der Waals surface area (Å²) >= 11 is 7.39. The van der Waals surface area contributed by atoms with Crippen molar-refractivity contribution in [1.29, 1.82) is 0 Å². The van der Waals surface area contributed by atoms with Crippen LogP contribution >= 0.6 is 22.9 Å². The van der Waals surface area contributed by atoms with Crippen LogP contribution in [0.1, 0.15) is 32.5 Å². The molecule has 1 heterocycles. The van der Waals surface area contributed by atoms with Gasteiger partial charge in [-0.25, -0.2) is 4.79 Å². The van der Waals surface area contributed by atoms with Crippen LogP contribution in [0, 0.1) is 6.92 Å². The Hall–Kier alpha value is -3.41. The summed E-state index contributed by atoms with van der Waals surface area (Å²) in [7, 11) is 0. The van der Waals surface area contributed by atoms with Crippen LogP contribution in [0.5, 0.6) is 0 Å². The van der Waals surface area contributed by atoms with Gasteiger partial charge < -0.3 is 10.1 Å². The summed E-state index contributed by atoms with van der Waals surface area (Å²) in [6.07, 6.45) is 0. The van der Waals surface area contributed by atoms with Crippen LogP contribution in [0.15, 0.2) is 78.9 Å². The van der Waals surface area contributed by atoms with E-state index in [1.54, 1.807) is 31.2 Å². The second-order valence-corrected chi connectivity index (χ2v) is 9.02. The molecule has 0 spiro atoms. The van der Waals surface area contributed by atoms with Gasteiger partial charge in [0.05, 0.1) is 6.61 Å². The number of rotatable bonds is 6. The lowest BCUT2D eigenvalue weighted by atomic mass is 10.0. The summed E-state index contributed by atoms with van der Waals surface area (Å²) in [6.45, 7) is 3.91. The highest BCUT2D eigenvalue weighted by molar-refractivity contribution is 7.17. The number of nitrogens with one attached hydrogen (secondary N) is 1. The number of halogens is 1. The second kappa shape index (κ2) is 10.0. The standard InChI is InChI=1S/C27H22ClNO3S/c1-3-32-27(31)24-23(20-13-15-22(28)16-14-20)17(2)33-26(24)29-25(30)21-11-9-19(10-12-21)18-7-5-4-6-8-18/h4-16H,3H2,1-2H3,(H,29,30). The monoisotopic (exact) mass is 475 g/mol. The lowest BCUT2D eigenvalue weighted by molar-refractivity contribution is 0.0529. The third kappa shape index (κ3) is 5.00. The van der Waals surface area contributed by atoms with Crippen molar-refractivity contribution in [2.24, 2.45) is 0 Å². The van der Waals surface area contributed by atoms with Gasteiger partial charge in [-0.15, -0.1) is 11.3 Å². The minimum atomic E-state index is -0.471. The molecule has 0 aliphatic carbocycles. The maximum atomic E-state index is 13.0. The zero-order chi connectivity index (χ0) is 23.4. The largest absolute Gasteiger partial charge is 0.462 e. The van der Waals surface area contributed by atoms with E-state index in [2.05, 4.69) is 5.32 Å². The number of hydrogen-bond donors (Lipinski definition) is 1. The molecule has 0 radical (unpaired) electrons. The van der Waals surface area contributed by atoms with Crippen molar-refractivity contribution in [2.45, 2.75) is 13.8 Å². The number of thiophene rings is 1. The topological polar surface area (TPSA) is 55.4 Å². The van der Waals surface area contributed by atoms with Gasteiger partial charge in [-0.05, 0) is 54.8 Å². The van der Waals surface area contributed by atoms with E-state index in [0.717, 1.165) is 27.1 Å². The summed E-state index contributed by atoms with van der Waals surface area (Å²) in [6, 6.07) is 24.6. The normalized spacial score (nSPS) is 10.6. The lowest BCUT2D eigenvalue weighted by Crippen LogP contribution is -2.14. The maximum absolute atomic E-state index is 13.0. The zero-order valence-corrected chi connectivity index (χ0v) is 19.8. The Kier molecular flexibility index (Phi) is 6.92. The van der Waals surface area contributed by atoms with E-state index in [9.17, 15) is 9.59 Å². The molecule has 0 bridgehead atoms. The number of aryl methyl sites for hydroxylation is 1. The highest BCUT2D eigenvalue weighted by atomic mass is 35.5. The molecular formula is C27H22ClNO3S. The molecule has 4 rings (SSSR count). The summed E-state index contributed by atoms with van der Waals surface area (Å²) < 4.78 is 5.31. The second-order valence-electron chi connectivity index (χ2n) is 7.36. The smallest absolute Gasteiger partial charge is 0.341 e. The molecule has 33 heavy (non-hydrogen) atoms. The van der Waals surface area contributed by atoms with Gasteiger partial charge in [-0.2, -0.15) is 0 Å². The zero-order valence-electron chi connectivity index (χ0n) is 18.2. The van der Waals surface area contributed by atoms with Crippen LogP contribution in [-0.4, -0.2) is 18.5 Å². The van der Waals surface area contributed by atoms with E-state index in [4.69, 9.17) is 16.3 Å². The number of carbonyl (C=O) groups is 2. The minimum absolute atomic E-state index is 0.238. The first-order chi connectivity index (χ1) is 16.0. The van der Waals surface area contributed by atoms with Crippen molar-refractivity contribution in [2.75, 3.05) is 11.9 Å². The molecule has 0 aliphatic rings. The molecule has 6 heteroatoms. The summed E-state index contributed by atoms with van der Waals surface area (Å²) in [5.41, 5.74) is 4.54. The van der Waals surface area contributed by atoms with E-state index in [0.29, 0.717) is 21.2 Å². The number of ether oxygens (including phenoxy) is 1. The van der Waals surface area contributed by atoms with Gasteiger partial charge in [-0.1, -0.05) is 66.2 Å². The van der Waals surface area contributed by atoms with Gasteiger partial charge in [-0.3, -0.25) is 4.79 Å². The molecule has 0 saturated heterocycles. The molecule has 0 atom stereocenters. The van der Waals surface area contributed by atoms with Crippen LogP contribution < -0.4 is 5.32 Å². The fourth-order valence-corrected chi connectivity index (χ4v) is 4.80. The molecule has 1 amide bonds. The van der Waals surface area contributed by atoms with Crippen molar-refractivity contribution in [3.8, 4) is 22.3 Å². The first kappa shape index (κ1) is 22.8. The molecule has 0 saturated carbocycles. The molecule has 0 unspecified atom stereocenters. The van der Waals surface area contributed by atoms with Crippen molar-refractivity contribution in [3.63, 3.8) is 0 Å². The van der Waals surface area contributed by atoms with Crippen LogP contribution in [0.4, 0.5) is 5.00 Å². The third-order valence-electron chi connectivity index (χ3n) is 5.18.